The van der Waals surface area contributed by atoms with Crippen molar-refractivity contribution in [2.75, 3.05) is 17.2 Å². The molecule has 0 radical (unpaired) electrons. The van der Waals surface area contributed by atoms with Crippen molar-refractivity contribution in [2.45, 2.75) is 25.4 Å². The lowest BCUT2D eigenvalue weighted by atomic mass is 10.1. The highest BCUT2D eigenvalue weighted by Crippen LogP contribution is 2.12. The Hall–Kier alpha value is -1.83. The summed E-state index contributed by atoms with van der Waals surface area (Å²) in [7, 11) is -2.95. The molecule has 0 unspecified atom stereocenters. The van der Waals surface area contributed by atoms with Crippen molar-refractivity contribution in [3.05, 3.63) is 28.7 Å². The van der Waals surface area contributed by atoms with Crippen LogP contribution in [0.4, 0.5) is 5.69 Å². The molecular weight excluding hydrogens is 282 g/mol. The van der Waals surface area contributed by atoms with Crippen LogP contribution in [0.1, 0.15) is 12.8 Å². The predicted octanol–water partition coefficient (Wildman–Crippen LogP) is -0.876. The lowest BCUT2D eigenvalue weighted by Crippen LogP contribution is -2.43. The van der Waals surface area contributed by atoms with Crippen LogP contribution in [-0.4, -0.2) is 36.4 Å². The summed E-state index contributed by atoms with van der Waals surface area (Å²) in [5.74, 6) is -0.131. The Kier molecular flexibility index (Phi) is 4.12. The summed E-state index contributed by atoms with van der Waals surface area (Å²) in [5.41, 5.74) is 5.66. The normalized spacial score (nSPS) is 18.6. The van der Waals surface area contributed by atoms with E-state index < -0.39 is 9.84 Å². The summed E-state index contributed by atoms with van der Waals surface area (Å²) in [4.78, 5) is 23.4. The van der Waals surface area contributed by atoms with E-state index in [0.29, 0.717) is 18.5 Å². The molecular formula is C12H17N3O4S. The fraction of sp³-hybridized carbons (Fsp3) is 0.500. The number of hydrogen-bond donors (Lipinski definition) is 2. The molecule has 1 aromatic rings. The van der Waals surface area contributed by atoms with Crippen LogP contribution in [0, 0.1) is 0 Å². The number of hydrogen-bond acceptors (Lipinski definition) is 5. The monoisotopic (exact) mass is 299 g/mol. The van der Waals surface area contributed by atoms with Crippen LogP contribution in [0.2, 0.25) is 0 Å². The van der Waals surface area contributed by atoms with Crippen molar-refractivity contribution in [3.8, 4) is 0 Å². The summed E-state index contributed by atoms with van der Waals surface area (Å²) < 4.78 is 23.8. The van der Waals surface area contributed by atoms with Crippen molar-refractivity contribution in [3.63, 3.8) is 0 Å². The maximum absolute atomic E-state index is 11.8. The first-order valence-electron chi connectivity index (χ1n) is 6.31. The summed E-state index contributed by atoms with van der Waals surface area (Å²) in [6.07, 6.45) is 2.24. The highest BCUT2D eigenvalue weighted by Gasteiger charge is 2.24. The van der Waals surface area contributed by atoms with Gasteiger partial charge in [-0.1, -0.05) is 0 Å². The molecule has 1 aliphatic rings. The van der Waals surface area contributed by atoms with Crippen molar-refractivity contribution in [2.24, 2.45) is 0 Å². The van der Waals surface area contributed by atoms with Crippen LogP contribution in [-0.2, 0) is 21.2 Å². The number of carbonyl (C=O) groups is 1. The summed E-state index contributed by atoms with van der Waals surface area (Å²) in [6.45, 7) is -0.118. The van der Waals surface area contributed by atoms with Gasteiger partial charge in [0.1, 0.15) is 16.4 Å². The van der Waals surface area contributed by atoms with Crippen LogP contribution in [0.5, 0.6) is 0 Å². The zero-order valence-corrected chi connectivity index (χ0v) is 11.7. The maximum atomic E-state index is 11.8. The van der Waals surface area contributed by atoms with E-state index in [0.717, 1.165) is 0 Å². The van der Waals surface area contributed by atoms with Crippen molar-refractivity contribution >= 4 is 21.4 Å². The van der Waals surface area contributed by atoms with Gasteiger partial charge in [-0.25, -0.2) is 8.42 Å². The third kappa shape index (κ3) is 3.83. The van der Waals surface area contributed by atoms with Gasteiger partial charge in [-0.15, -0.1) is 0 Å². The van der Waals surface area contributed by atoms with E-state index in [1.54, 1.807) is 0 Å². The van der Waals surface area contributed by atoms with E-state index in [9.17, 15) is 18.0 Å². The van der Waals surface area contributed by atoms with E-state index >= 15 is 0 Å². The van der Waals surface area contributed by atoms with Gasteiger partial charge < -0.3 is 15.6 Å². The van der Waals surface area contributed by atoms with Gasteiger partial charge in [0, 0.05) is 24.0 Å². The number of rotatable bonds is 3. The molecule has 0 saturated carbocycles. The number of nitrogens with one attached hydrogen (secondary N) is 1. The molecule has 0 atom stereocenters. The van der Waals surface area contributed by atoms with Crippen LogP contribution in [0.3, 0.4) is 0 Å². The minimum Gasteiger partial charge on any atom is -0.398 e. The lowest BCUT2D eigenvalue weighted by Gasteiger charge is -2.23. The standard InChI is InChI=1S/C12H17N3O4S/c13-9-1-2-12(17)15(7-9)8-11(16)14-10-3-5-20(18,19)6-4-10/h1-2,7,10H,3-6,8,13H2,(H,14,16). The number of anilines is 1. The van der Waals surface area contributed by atoms with Crippen LogP contribution in [0.25, 0.3) is 0 Å². The zero-order chi connectivity index (χ0) is 14.8. The van der Waals surface area contributed by atoms with E-state index in [1.165, 1.54) is 22.9 Å². The number of sulfone groups is 1. The van der Waals surface area contributed by atoms with Crippen LogP contribution in [0.15, 0.2) is 23.1 Å². The number of aromatic nitrogens is 1. The second-order valence-corrected chi connectivity index (χ2v) is 7.23. The first kappa shape index (κ1) is 14.6. The van der Waals surface area contributed by atoms with Gasteiger partial charge in [-0.3, -0.25) is 9.59 Å². The van der Waals surface area contributed by atoms with Crippen LogP contribution >= 0.6 is 0 Å². The fourth-order valence-electron chi connectivity index (χ4n) is 2.14. The molecule has 2 rings (SSSR count). The molecule has 3 N–H and O–H groups in total. The molecule has 1 amide bonds. The zero-order valence-electron chi connectivity index (χ0n) is 10.9. The molecule has 2 heterocycles. The SMILES string of the molecule is Nc1ccc(=O)n(CC(=O)NC2CCS(=O)(=O)CC2)c1. The highest BCUT2D eigenvalue weighted by atomic mass is 32.2. The molecule has 110 valence electrons. The molecule has 20 heavy (non-hydrogen) atoms. The average Bonchev–Trinajstić information content (AvgIpc) is 2.36. The van der Waals surface area contributed by atoms with Gasteiger partial charge in [0.2, 0.25) is 5.91 Å². The van der Waals surface area contributed by atoms with Gasteiger partial charge in [0.15, 0.2) is 0 Å². The van der Waals surface area contributed by atoms with E-state index in [-0.39, 0.29) is 35.6 Å². The number of nitrogen functional groups attached to an aromatic ring is 1. The maximum Gasteiger partial charge on any atom is 0.251 e. The molecule has 1 aromatic heterocycles. The van der Waals surface area contributed by atoms with E-state index in [4.69, 9.17) is 5.73 Å². The largest absolute Gasteiger partial charge is 0.398 e. The van der Waals surface area contributed by atoms with Gasteiger partial charge >= 0.3 is 0 Å². The number of amides is 1. The molecule has 0 aliphatic carbocycles. The van der Waals surface area contributed by atoms with Crippen molar-refractivity contribution in [1.82, 2.24) is 9.88 Å². The summed E-state index contributed by atoms with van der Waals surface area (Å²) in [6, 6.07) is 2.63. The Morgan fingerprint density at radius 3 is 2.65 bits per heavy atom. The number of nitrogens with zero attached hydrogens (tertiary/aromatic N) is 1. The number of pyridine rings is 1. The van der Waals surface area contributed by atoms with Crippen molar-refractivity contribution < 1.29 is 13.2 Å². The third-order valence-electron chi connectivity index (χ3n) is 3.24. The second-order valence-electron chi connectivity index (χ2n) is 4.92. The second kappa shape index (κ2) is 5.66. The molecule has 1 aliphatic heterocycles. The van der Waals surface area contributed by atoms with Crippen LogP contribution < -0.4 is 16.6 Å². The quantitative estimate of drug-likeness (QED) is 0.753. The first-order chi connectivity index (χ1) is 9.35. The van der Waals surface area contributed by atoms with Gasteiger partial charge in [0.25, 0.3) is 5.56 Å². The van der Waals surface area contributed by atoms with E-state index in [2.05, 4.69) is 5.32 Å². The van der Waals surface area contributed by atoms with E-state index in [1.807, 2.05) is 0 Å². The topological polar surface area (TPSA) is 111 Å². The molecule has 0 spiro atoms. The Bertz CT molecular complexity index is 652. The van der Waals surface area contributed by atoms with Gasteiger partial charge in [0.05, 0.1) is 11.5 Å². The minimum absolute atomic E-state index is 0.0934. The summed E-state index contributed by atoms with van der Waals surface area (Å²) >= 11 is 0. The fourth-order valence-corrected chi connectivity index (χ4v) is 3.63. The first-order valence-corrected chi connectivity index (χ1v) is 8.14. The van der Waals surface area contributed by atoms with Gasteiger partial charge in [-0.05, 0) is 18.9 Å². The molecule has 0 bridgehead atoms. The molecule has 7 nitrogen and oxygen atoms in total. The lowest BCUT2D eigenvalue weighted by molar-refractivity contribution is -0.122. The number of carbonyl (C=O) groups excluding carboxylic acids is 1. The highest BCUT2D eigenvalue weighted by molar-refractivity contribution is 7.91. The molecule has 8 heteroatoms. The van der Waals surface area contributed by atoms with Crippen molar-refractivity contribution in [1.29, 1.82) is 0 Å². The predicted molar refractivity (Wildman–Crippen MR) is 74.9 cm³/mol. The van der Waals surface area contributed by atoms with Gasteiger partial charge in [-0.2, -0.15) is 0 Å². The Morgan fingerprint density at radius 1 is 1.35 bits per heavy atom. The molecule has 1 saturated heterocycles. The minimum atomic E-state index is -2.95. The molecule has 1 fully saturated rings. The third-order valence-corrected chi connectivity index (χ3v) is 4.96. The Balaban J connectivity index is 1.93. The number of nitrogens with two attached hydrogens (primary N) is 1. The summed E-state index contributed by atoms with van der Waals surface area (Å²) in [5, 5.41) is 2.75. The average molecular weight is 299 g/mol. The Labute approximate surface area is 116 Å². The smallest absolute Gasteiger partial charge is 0.251 e. The Morgan fingerprint density at radius 2 is 2.00 bits per heavy atom. The molecule has 0 aromatic carbocycles.